The number of aromatic nitrogens is 1. The summed E-state index contributed by atoms with van der Waals surface area (Å²) in [7, 11) is 1.62. The number of nitrogens with zero attached hydrogens (tertiary/aromatic N) is 3. The van der Waals surface area contributed by atoms with Crippen molar-refractivity contribution >= 4 is 17.6 Å². The smallest absolute Gasteiger partial charge is 0.146 e. The Bertz CT molecular complexity index is 1090. The zero-order chi connectivity index (χ0) is 24.1. The lowest BCUT2D eigenvalue weighted by Crippen LogP contribution is -2.07. The van der Waals surface area contributed by atoms with E-state index in [4.69, 9.17) is 9.47 Å². The molecule has 33 heavy (non-hydrogen) atoms. The molecule has 2 rings (SSSR count). The first-order chi connectivity index (χ1) is 16.1. The van der Waals surface area contributed by atoms with Crippen molar-refractivity contribution in [3.8, 4) is 29.0 Å². The topological polar surface area (TPSA) is 91.0 Å². The van der Waals surface area contributed by atoms with E-state index in [1.807, 2.05) is 62.4 Å². The maximum atomic E-state index is 10.0. The van der Waals surface area contributed by atoms with Crippen molar-refractivity contribution in [2.45, 2.75) is 18.9 Å². The predicted molar refractivity (Wildman–Crippen MR) is 134 cm³/mol. The lowest BCUT2D eigenvalue weighted by molar-refractivity contribution is 0.146. The lowest BCUT2D eigenvalue weighted by Gasteiger charge is -2.16. The molecule has 0 aliphatic carbocycles. The van der Waals surface area contributed by atoms with Crippen molar-refractivity contribution < 1.29 is 9.47 Å². The number of nitrogens with one attached hydrogen (secondary N) is 1. The van der Waals surface area contributed by atoms with Gasteiger partial charge in [-0.15, -0.1) is 11.8 Å². The number of nitriles is 2. The molecule has 0 saturated carbocycles. The van der Waals surface area contributed by atoms with Gasteiger partial charge in [0.05, 0.1) is 12.2 Å². The van der Waals surface area contributed by atoms with E-state index in [9.17, 15) is 10.5 Å². The van der Waals surface area contributed by atoms with Crippen LogP contribution >= 0.6 is 11.8 Å². The average molecular weight is 461 g/mol. The zero-order valence-electron chi connectivity index (χ0n) is 19.2. The molecule has 2 aromatic rings. The van der Waals surface area contributed by atoms with Crippen LogP contribution in [0.5, 0.6) is 5.75 Å². The molecule has 0 amide bonds. The number of anilines is 1. The first-order valence-electron chi connectivity index (χ1n) is 10.5. The van der Waals surface area contributed by atoms with E-state index < -0.39 is 0 Å². The van der Waals surface area contributed by atoms with E-state index in [2.05, 4.69) is 29.0 Å². The van der Waals surface area contributed by atoms with Gasteiger partial charge in [0.15, 0.2) is 0 Å². The minimum atomic E-state index is 0.345. The Morgan fingerprint density at radius 1 is 1.15 bits per heavy atom. The summed E-state index contributed by atoms with van der Waals surface area (Å²) >= 11 is 1.43. The molecular weight excluding hydrogens is 432 g/mol. The van der Waals surface area contributed by atoms with Crippen molar-refractivity contribution in [3.05, 3.63) is 71.8 Å². The summed E-state index contributed by atoms with van der Waals surface area (Å²) in [5.74, 6) is 1.72. The molecule has 1 aromatic heterocycles. The van der Waals surface area contributed by atoms with Gasteiger partial charge in [-0.05, 0) is 37.1 Å². The van der Waals surface area contributed by atoms with Gasteiger partial charge >= 0.3 is 0 Å². The molecule has 1 N–H and O–H groups in total. The molecule has 0 radical (unpaired) electrons. The van der Waals surface area contributed by atoms with E-state index in [0.717, 1.165) is 11.1 Å². The molecule has 7 heteroatoms. The zero-order valence-corrected chi connectivity index (χ0v) is 20.0. The number of pyridine rings is 1. The highest BCUT2D eigenvalue weighted by atomic mass is 32.2. The van der Waals surface area contributed by atoms with Crippen LogP contribution < -0.4 is 10.1 Å². The second kappa shape index (κ2) is 13.8. The third-order valence-electron chi connectivity index (χ3n) is 4.46. The van der Waals surface area contributed by atoms with Crippen molar-refractivity contribution in [1.29, 1.82) is 10.5 Å². The fourth-order valence-electron chi connectivity index (χ4n) is 2.94. The summed E-state index contributed by atoms with van der Waals surface area (Å²) in [5.41, 5.74) is 2.93. The highest BCUT2D eigenvalue weighted by Crippen LogP contribution is 2.37. The monoisotopic (exact) mass is 460 g/mol. The van der Waals surface area contributed by atoms with Crippen LogP contribution in [-0.4, -0.2) is 37.6 Å². The molecule has 1 aromatic carbocycles. The molecule has 0 fully saturated rings. The van der Waals surface area contributed by atoms with Gasteiger partial charge in [-0.1, -0.05) is 43.0 Å². The molecular formula is C26H28N4O2S. The van der Waals surface area contributed by atoms with Gasteiger partial charge < -0.3 is 14.8 Å². The number of allylic oxidation sites excluding steroid dienone is 4. The summed E-state index contributed by atoms with van der Waals surface area (Å²) in [4.78, 5) is 4.62. The average Bonchev–Trinajstić information content (AvgIpc) is 2.83. The van der Waals surface area contributed by atoms with Gasteiger partial charge in [0.25, 0.3) is 0 Å². The number of hydrogen-bond donors (Lipinski definition) is 1. The molecule has 0 spiro atoms. The van der Waals surface area contributed by atoms with Gasteiger partial charge in [-0.3, -0.25) is 0 Å². The van der Waals surface area contributed by atoms with E-state index in [-0.39, 0.29) is 0 Å². The first-order valence-corrected chi connectivity index (χ1v) is 11.5. The Labute approximate surface area is 200 Å². The van der Waals surface area contributed by atoms with Crippen molar-refractivity contribution in [2.75, 3.05) is 37.9 Å². The Morgan fingerprint density at radius 2 is 1.88 bits per heavy atom. The molecule has 0 saturated heterocycles. The Hall–Kier alpha value is -3.52. The number of thioether (sulfide) groups is 1. The highest BCUT2D eigenvalue weighted by molar-refractivity contribution is 7.99. The number of ether oxygens (including phenoxy) is 2. The molecule has 6 nitrogen and oxygen atoms in total. The number of benzene rings is 1. The number of hydrogen-bond acceptors (Lipinski definition) is 7. The molecule has 0 atom stereocenters. The normalized spacial score (nSPS) is 10.8. The van der Waals surface area contributed by atoms with Gasteiger partial charge in [0.1, 0.15) is 40.9 Å². The third kappa shape index (κ3) is 7.25. The fraction of sp³-hybridized carbons (Fsp3) is 0.269. The van der Waals surface area contributed by atoms with Crippen LogP contribution in [0.3, 0.4) is 0 Å². The fourth-order valence-corrected chi connectivity index (χ4v) is 3.80. The Balaban J connectivity index is 2.48. The summed E-state index contributed by atoms with van der Waals surface area (Å²) in [6.45, 7) is 9.48. The minimum absolute atomic E-state index is 0.345. The van der Waals surface area contributed by atoms with Gasteiger partial charge in [0.2, 0.25) is 0 Å². The quantitative estimate of drug-likeness (QED) is 0.246. The van der Waals surface area contributed by atoms with Crippen LogP contribution in [0.4, 0.5) is 5.82 Å². The van der Waals surface area contributed by atoms with E-state index in [1.165, 1.54) is 11.8 Å². The Morgan fingerprint density at radius 3 is 2.48 bits per heavy atom. The summed E-state index contributed by atoms with van der Waals surface area (Å²) in [6.07, 6.45) is 7.72. The van der Waals surface area contributed by atoms with Crippen molar-refractivity contribution in [3.63, 3.8) is 0 Å². The molecule has 0 aliphatic rings. The van der Waals surface area contributed by atoms with Crippen LogP contribution in [0.25, 0.3) is 11.1 Å². The molecule has 1 heterocycles. The van der Waals surface area contributed by atoms with Crippen LogP contribution in [0.15, 0.2) is 65.7 Å². The van der Waals surface area contributed by atoms with E-state index in [1.54, 1.807) is 7.11 Å². The van der Waals surface area contributed by atoms with Gasteiger partial charge in [-0.25, -0.2) is 4.98 Å². The largest absolute Gasteiger partial charge is 0.491 e. The van der Waals surface area contributed by atoms with E-state index >= 15 is 0 Å². The molecule has 170 valence electrons. The first kappa shape index (κ1) is 25.7. The standard InChI is InChI=1S/C26H28N4O2S/c1-5-7-8-9-19(3)18-33-26-23(17-28)24(22(16-27)25(30-26)29-6-2)20-10-12-21(13-11-20)32-15-14-31-4/h5,7-13H,3,6,14-15,18H2,1-2,4H3,(H,29,30)/b7-5-,9-8-. The van der Waals surface area contributed by atoms with Crippen LogP contribution in [0.1, 0.15) is 25.0 Å². The maximum absolute atomic E-state index is 10.0. The second-order valence-corrected chi connectivity index (χ2v) is 7.81. The number of methoxy groups -OCH3 is 1. The SMILES string of the molecule is C=C(/C=C\C=C/C)CSc1nc(NCC)c(C#N)c(-c2ccc(OCCOC)cc2)c1C#N. The van der Waals surface area contributed by atoms with E-state index in [0.29, 0.717) is 58.8 Å². The van der Waals surface area contributed by atoms with Crippen LogP contribution in [0.2, 0.25) is 0 Å². The second-order valence-electron chi connectivity index (χ2n) is 6.84. The van der Waals surface area contributed by atoms with Crippen molar-refractivity contribution in [2.24, 2.45) is 0 Å². The van der Waals surface area contributed by atoms with Crippen molar-refractivity contribution in [1.82, 2.24) is 4.98 Å². The van der Waals surface area contributed by atoms with Gasteiger partial charge in [0, 0.05) is 25.0 Å². The molecule has 0 bridgehead atoms. The number of rotatable bonds is 12. The lowest BCUT2D eigenvalue weighted by atomic mass is 9.96. The van der Waals surface area contributed by atoms with Crippen LogP contribution in [0, 0.1) is 22.7 Å². The molecule has 0 aliphatic heterocycles. The predicted octanol–water partition coefficient (Wildman–Crippen LogP) is 5.73. The molecule has 0 unspecified atom stereocenters. The minimum Gasteiger partial charge on any atom is -0.491 e. The third-order valence-corrected chi connectivity index (χ3v) is 5.54. The Kier molecular flexibility index (Phi) is 10.8. The summed E-state index contributed by atoms with van der Waals surface area (Å²) in [5, 5.41) is 23.7. The van der Waals surface area contributed by atoms with Crippen LogP contribution in [-0.2, 0) is 4.74 Å². The van der Waals surface area contributed by atoms with Gasteiger partial charge in [-0.2, -0.15) is 10.5 Å². The summed E-state index contributed by atoms with van der Waals surface area (Å²) < 4.78 is 10.6. The summed E-state index contributed by atoms with van der Waals surface area (Å²) in [6, 6.07) is 11.8. The highest BCUT2D eigenvalue weighted by Gasteiger charge is 2.21. The maximum Gasteiger partial charge on any atom is 0.146 e.